The second kappa shape index (κ2) is 9.12. The first kappa shape index (κ1) is 25.3. The topological polar surface area (TPSA) is 116 Å². The number of hydrogen-bond acceptors (Lipinski definition) is 6. The SMILES string of the molecule is COc1nc(C(F)F)ccc1[C@@H]1[C@H](C(=O)Nc2ccnc(C(N)=O)c2)O[C@](C)(C(F)(F)F)[C@H]1C. The van der Waals surface area contributed by atoms with E-state index in [1.807, 2.05) is 0 Å². The number of amides is 2. The zero-order valence-electron chi connectivity index (χ0n) is 18.2. The van der Waals surface area contributed by atoms with Crippen LogP contribution in [0.4, 0.5) is 27.6 Å². The minimum Gasteiger partial charge on any atom is -0.481 e. The molecule has 2 amide bonds. The highest BCUT2D eigenvalue weighted by atomic mass is 19.4. The molecule has 13 heteroatoms. The van der Waals surface area contributed by atoms with Crippen molar-refractivity contribution in [1.82, 2.24) is 9.97 Å². The van der Waals surface area contributed by atoms with Crippen LogP contribution in [0.25, 0.3) is 0 Å². The summed E-state index contributed by atoms with van der Waals surface area (Å²) in [5.74, 6) is -4.79. The molecule has 0 unspecified atom stereocenters. The maximum absolute atomic E-state index is 14.0. The number of carbonyl (C=O) groups excluding carboxylic acids is 2. The summed E-state index contributed by atoms with van der Waals surface area (Å²) in [5.41, 5.74) is 1.65. The number of methoxy groups -OCH3 is 1. The summed E-state index contributed by atoms with van der Waals surface area (Å²) in [5, 5.41) is 2.40. The maximum atomic E-state index is 14.0. The number of nitrogens with one attached hydrogen (secondary N) is 1. The molecule has 4 atom stereocenters. The number of anilines is 1. The first-order chi connectivity index (χ1) is 15.8. The molecule has 0 aliphatic carbocycles. The molecule has 3 rings (SSSR count). The van der Waals surface area contributed by atoms with Crippen molar-refractivity contribution in [3.8, 4) is 5.88 Å². The minimum atomic E-state index is -4.86. The van der Waals surface area contributed by atoms with Gasteiger partial charge in [0, 0.05) is 29.3 Å². The van der Waals surface area contributed by atoms with Crippen LogP contribution in [0, 0.1) is 5.92 Å². The fraction of sp³-hybridized carbons (Fsp3) is 0.429. The van der Waals surface area contributed by atoms with E-state index in [0.29, 0.717) is 0 Å². The van der Waals surface area contributed by atoms with Crippen molar-refractivity contribution in [3.05, 3.63) is 47.4 Å². The Morgan fingerprint density at radius 2 is 1.94 bits per heavy atom. The average Bonchev–Trinajstić information content (AvgIpc) is 3.05. The molecule has 1 aliphatic rings. The van der Waals surface area contributed by atoms with Gasteiger partial charge in [-0.05, 0) is 25.1 Å². The molecule has 0 radical (unpaired) electrons. The number of carbonyl (C=O) groups is 2. The van der Waals surface area contributed by atoms with Crippen LogP contribution >= 0.6 is 0 Å². The largest absolute Gasteiger partial charge is 0.481 e. The van der Waals surface area contributed by atoms with Gasteiger partial charge in [0.2, 0.25) is 5.88 Å². The normalized spacial score (nSPS) is 24.8. The highest BCUT2D eigenvalue weighted by molar-refractivity contribution is 5.97. The van der Waals surface area contributed by atoms with Crippen molar-refractivity contribution in [3.63, 3.8) is 0 Å². The zero-order valence-corrected chi connectivity index (χ0v) is 18.2. The quantitative estimate of drug-likeness (QED) is 0.601. The van der Waals surface area contributed by atoms with Crippen LogP contribution in [0.1, 0.15) is 47.9 Å². The lowest BCUT2D eigenvalue weighted by atomic mass is 9.77. The van der Waals surface area contributed by atoms with Crippen molar-refractivity contribution in [2.45, 2.75) is 44.1 Å². The standard InChI is InChI=1S/C21H21F5N4O4/c1-9-14(11-4-5-12(16(22)23)30-19(11)33-3)15(34-20(9,2)21(24,25)26)18(32)29-10-6-7-28-13(8-10)17(27)31/h4-9,14-16H,1-3H3,(H2,27,31)(H,28,29,32)/t9-,14+,15+,20-/m0/s1. The Kier molecular flexibility index (Phi) is 6.78. The van der Waals surface area contributed by atoms with Crippen LogP contribution in [-0.4, -0.2) is 46.8 Å². The Bertz CT molecular complexity index is 1100. The third-order valence-corrected chi connectivity index (χ3v) is 5.89. The Hall–Kier alpha value is -3.35. The van der Waals surface area contributed by atoms with Crippen LogP contribution in [0.15, 0.2) is 30.5 Å². The van der Waals surface area contributed by atoms with Crippen molar-refractivity contribution in [2.24, 2.45) is 11.7 Å². The molecule has 0 saturated carbocycles. The lowest BCUT2D eigenvalue weighted by Crippen LogP contribution is -2.47. The Morgan fingerprint density at radius 1 is 1.26 bits per heavy atom. The summed E-state index contributed by atoms with van der Waals surface area (Å²) in [6.45, 7) is 2.05. The number of ether oxygens (including phenoxy) is 2. The molecule has 8 nitrogen and oxygen atoms in total. The number of nitrogens with two attached hydrogens (primary N) is 1. The van der Waals surface area contributed by atoms with Gasteiger partial charge in [-0.1, -0.05) is 13.0 Å². The smallest absolute Gasteiger partial charge is 0.417 e. The van der Waals surface area contributed by atoms with Gasteiger partial charge in [-0.25, -0.2) is 13.8 Å². The van der Waals surface area contributed by atoms with Crippen LogP contribution in [0.5, 0.6) is 5.88 Å². The first-order valence-electron chi connectivity index (χ1n) is 9.94. The van der Waals surface area contributed by atoms with Crippen LogP contribution in [0.2, 0.25) is 0 Å². The van der Waals surface area contributed by atoms with Crippen molar-refractivity contribution in [1.29, 1.82) is 0 Å². The molecule has 0 bridgehead atoms. The summed E-state index contributed by atoms with van der Waals surface area (Å²) in [7, 11) is 1.13. The van der Waals surface area contributed by atoms with E-state index in [1.165, 1.54) is 19.2 Å². The maximum Gasteiger partial charge on any atom is 0.417 e. The van der Waals surface area contributed by atoms with E-state index >= 15 is 0 Å². The molecule has 1 aliphatic heterocycles. The van der Waals surface area contributed by atoms with Gasteiger partial charge in [0.25, 0.3) is 18.2 Å². The summed E-state index contributed by atoms with van der Waals surface area (Å²) in [6, 6.07) is 4.56. The van der Waals surface area contributed by atoms with Crippen LogP contribution in [-0.2, 0) is 9.53 Å². The number of rotatable bonds is 6. The number of pyridine rings is 2. The van der Waals surface area contributed by atoms with Crippen molar-refractivity contribution < 1.29 is 41.0 Å². The summed E-state index contributed by atoms with van der Waals surface area (Å²) >= 11 is 0. The number of primary amides is 1. The monoisotopic (exact) mass is 488 g/mol. The highest BCUT2D eigenvalue weighted by Crippen LogP contribution is 2.54. The molecule has 1 fully saturated rings. The lowest BCUT2D eigenvalue weighted by molar-refractivity contribution is -0.272. The third kappa shape index (κ3) is 4.52. The number of halogens is 5. The fourth-order valence-corrected chi connectivity index (χ4v) is 3.88. The minimum absolute atomic E-state index is 0.0000725. The van der Waals surface area contributed by atoms with Crippen molar-refractivity contribution >= 4 is 17.5 Å². The summed E-state index contributed by atoms with van der Waals surface area (Å²) in [6.07, 6.45) is -8.33. The average molecular weight is 488 g/mol. The summed E-state index contributed by atoms with van der Waals surface area (Å²) in [4.78, 5) is 31.8. The van der Waals surface area contributed by atoms with E-state index in [4.69, 9.17) is 15.2 Å². The second-order valence-corrected chi connectivity index (χ2v) is 7.88. The molecule has 0 aromatic carbocycles. The van der Waals surface area contributed by atoms with Crippen molar-refractivity contribution in [2.75, 3.05) is 12.4 Å². The van der Waals surface area contributed by atoms with Gasteiger partial charge in [-0.2, -0.15) is 13.2 Å². The number of alkyl halides is 5. The first-order valence-corrected chi connectivity index (χ1v) is 9.94. The molecular weight excluding hydrogens is 467 g/mol. The Labute approximate surface area is 190 Å². The van der Waals surface area contributed by atoms with Gasteiger partial charge in [0.15, 0.2) is 5.60 Å². The molecule has 0 spiro atoms. The predicted molar refractivity (Wildman–Crippen MR) is 108 cm³/mol. The predicted octanol–water partition coefficient (Wildman–Crippen LogP) is 3.60. The molecule has 3 heterocycles. The van der Waals surface area contributed by atoms with E-state index < -0.39 is 53.7 Å². The van der Waals surface area contributed by atoms with E-state index in [0.717, 1.165) is 32.2 Å². The number of hydrogen-bond donors (Lipinski definition) is 2. The zero-order chi connectivity index (χ0) is 25.4. The Morgan fingerprint density at radius 3 is 2.50 bits per heavy atom. The second-order valence-electron chi connectivity index (χ2n) is 7.88. The van der Waals surface area contributed by atoms with E-state index in [2.05, 4.69) is 15.3 Å². The van der Waals surface area contributed by atoms with Gasteiger partial charge >= 0.3 is 6.18 Å². The highest BCUT2D eigenvalue weighted by Gasteiger charge is 2.65. The fourth-order valence-electron chi connectivity index (χ4n) is 3.88. The van der Waals surface area contributed by atoms with Gasteiger partial charge < -0.3 is 20.5 Å². The van der Waals surface area contributed by atoms with E-state index in [9.17, 15) is 31.5 Å². The van der Waals surface area contributed by atoms with E-state index in [1.54, 1.807) is 0 Å². The molecular formula is C21H21F5N4O4. The molecule has 34 heavy (non-hydrogen) atoms. The number of nitrogens with zero attached hydrogens (tertiary/aromatic N) is 2. The van der Waals surface area contributed by atoms with E-state index in [-0.39, 0.29) is 22.8 Å². The van der Waals surface area contributed by atoms with Gasteiger partial charge in [0.1, 0.15) is 17.5 Å². The third-order valence-electron chi connectivity index (χ3n) is 5.89. The molecule has 2 aromatic rings. The Balaban J connectivity index is 2.05. The number of aromatic nitrogens is 2. The molecule has 3 N–H and O–H groups in total. The molecule has 1 saturated heterocycles. The van der Waals surface area contributed by atoms with Gasteiger partial charge in [0.05, 0.1) is 7.11 Å². The van der Waals surface area contributed by atoms with Crippen LogP contribution in [0.3, 0.4) is 0 Å². The lowest BCUT2D eigenvalue weighted by Gasteiger charge is -2.31. The summed E-state index contributed by atoms with van der Waals surface area (Å²) < 4.78 is 78.5. The van der Waals surface area contributed by atoms with Crippen LogP contribution < -0.4 is 15.8 Å². The molecule has 2 aromatic heterocycles. The van der Waals surface area contributed by atoms with Gasteiger partial charge in [-0.15, -0.1) is 0 Å². The van der Waals surface area contributed by atoms with Gasteiger partial charge in [-0.3, -0.25) is 14.6 Å². The molecule has 184 valence electrons.